The Balaban J connectivity index is 1.69. The summed E-state index contributed by atoms with van der Waals surface area (Å²) in [6.07, 6.45) is 6.06. The number of rotatable bonds is 6. The molecule has 0 saturated carbocycles. The van der Waals surface area contributed by atoms with Gasteiger partial charge in [0.15, 0.2) is 5.17 Å². The van der Waals surface area contributed by atoms with E-state index in [1.54, 1.807) is 6.20 Å². The largest absolute Gasteiger partial charge is 0.363 e. The molecule has 5 nitrogen and oxygen atoms in total. The van der Waals surface area contributed by atoms with E-state index in [1.165, 1.54) is 12.8 Å². The molecule has 0 aromatic carbocycles. The van der Waals surface area contributed by atoms with Crippen LogP contribution in [0.2, 0.25) is 0 Å². The molecule has 0 fully saturated rings. The molecular weight excluding hydrogens is 246 g/mol. The first-order valence-electron chi connectivity index (χ1n) is 6.62. The Labute approximate surface area is 112 Å². The fourth-order valence-electron chi connectivity index (χ4n) is 2.18. The Bertz CT molecular complexity index is 372. The molecule has 6 heteroatoms. The van der Waals surface area contributed by atoms with Crippen LogP contribution in [-0.4, -0.2) is 38.5 Å². The third-order valence-corrected chi connectivity index (χ3v) is 4.67. The standard InChI is InChI=1S/C12H21N5S/c1-3-10(4-2)11-9-14-12(18-11)13-5-7-17-8-6-15-16-17/h6,8,10-11H,3-5,7,9H2,1-2H3,(H,13,14). The first kappa shape index (κ1) is 13.4. The molecule has 2 rings (SSSR count). The van der Waals surface area contributed by atoms with Gasteiger partial charge in [-0.05, 0) is 5.92 Å². The summed E-state index contributed by atoms with van der Waals surface area (Å²) < 4.78 is 1.82. The minimum atomic E-state index is 0.661. The second-order valence-corrected chi connectivity index (χ2v) is 5.70. The number of amidine groups is 1. The van der Waals surface area contributed by atoms with E-state index in [-0.39, 0.29) is 0 Å². The zero-order chi connectivity index (χ0) is 12.8. The van der Waals surface area contributed by atoms with Gasteiger partial charge in [0, 0.05) is 18.0 Å². The molecule has 1 N–H and O–H groups in total. The van der Waals surface area contributed by atoms with Crippen molar-refractivity contribution in [3.05, 3.63) is 12.4 Å². The summed E-state index contributed by atoms with van der Waals surface area (Å²) in [7, 11) is 0. The molecular formula is C12H21N5S. The Morgan fingerprint density at radius 2 is 2.33 bits per heavy atom. The summed E-state index contributed by atoms with van der Waals surface area (Å²) in [6.45, 7) is 7.18. The van der Waals surface area contributed by atoms with E-state index in [0.717, 1.165) is 30.7 Å². The van der Waals surface area contributed by atoms with E-state index in [4.69, 9.17) is 0 Å². The lowest BCUT2D eigenvalue weighted by Crippen LogP contribution is -2.25. The van der Waals surface area contributed by atoms with Crippen LogP contribution in [0.3, 0.4) is 0 Å². The summed E-state index contributed by atoms with van der Waals surface area (Å²) in [5, 5.41) is 12.8. The van der Waals surface area contributed by atoms with Crippen molar-refractivity contribution in [1.29, 1.82) is 0 Å². The van der Waals surface area contributed by atoms with Crippen LogP contribution in [0, 0.1) is 5.92 Å². The van der Waals surface area contributed by atoms with Gasteiger partial charge in [-0.25, -0.2) is 0 Å². The molecule has 0 saturated heterocycles. The van der Waals surface area contributed by atoms with Crippen LogP contribution in [0.15, 0.2) is 17.4 Å². The van der Waals surface area contributed by atoms with Gasteiger partial charge >= 0.3 is 0 Å². The smallest absolute Gasteiger partial charge is 0.156 e. The fraction of sp³-hybridized carbons (Fsp3) is 0.750. The maximum absolute atomic E-state index is 4.58. The van der Waals surface area contributed by atoms with E-state index in [9.17, 15) is 0 Å². The van der Waals surface area contributed by atoms with Crippen molar-refractivity contribution in [2.45, 2.75) is 38.5 Å². The van der Waals surface area contributed by atoms with Gasteiger partial charge in [-0.1, -0.05) is 43.7 Å². The minimum absolute atomic E-state index is 0.661. The summed E-state index contributed by atoms with van der Waals surface area (Å²) >= 11 is 1.90. The third-order valence-electron chi connectivity index (χ3n) is 3.34. The molecule has 1 aliphatic heterocycles. The first-order chi connectivity index (χ1) is 8.83. The molecule has 1 aromatic heterocycles. The minimum Gasteiger partial charge on any atom is -0.363 e. The van der Waals surface area contributed by atoms with Crippen molar-refractivity contribution in [3.63, 3.8) is 0 Å². The normalized spacial score (nSPS) is 19.3. The van der Waals surface area contributed by atoms with E-state index in [0.29, 0.717) is 5.25 Å². The molecule has 0 aliphatic carbocycles. The molecule has 0 radical (unpaired) electrons. The second-order valence-electron chi connectivity index (χ2n) is 4.47. The monoisotopic (exact) mass is 267 g/mol. The number of aromatic nitrogens is 3. The van der Waals surface area contributed by atoms with Gasteiger partial charge < -0.3 is 5.32 Å². The third kappa shape index (κ3) is 3.48. The summed E-state index contributed by atoms with van der Waals surface area (Å²) in [5.41, 5.74) is 0. The number of nitrogens with one attached hydrogen (secondary N) is 1. The fourth-order valence-corrected chi connectivity index (χ4v) is 3.53. The number of hydrogen-bond donors (Lipinski definition) is 1. The lowest BCUT2D eigenvalue weighted by molar-refractivity contribution is 0.479. The Morgan fingerprint density at radius 3 is 3.00 bits per heavy atom. The molecule has 0 bridgehead atoms. The average Bonchev–Trinajstić information content (AvgIpc) is 3.03. The van der Waals surface area contributed by atoms with Crippen molar-refractivity contribution < 1.29 is 0 Å². The summed E-state index contributed by atoms with van der Waals surface area (Å²) in [4.78, 5) is 4.58. The molecule has 100 valence electrons. The maximum Gasteiger partial charge on any atom is 0.156 e. The molecule has 1 unspecified atom stereocenters. The Hall–Kier alpha value is -1.04. The van der Waals surface area contributed by atoms with E-state index >= 15 is 0 Å². The molecule has 0 spiro atoms. The van der Waals surface area contributed by atoms with Gasteiger partial charge in [-0.3, -0.25) is 9.67 Å². The molecule has 1 aromatic rings. The SMILES string of the molecule is CCC(CC)C1CN=C(NCCn2ccnn2)S1. The van der Waals surface area contributed by atoms with Crippen LogP contribution in [0.4, 0.5) is 0 Å². The van der Waals surface area contributed by atoms with Crippen LogP contribution < -0.4 is 5.32 Å². The van der Waals surface area contributed by atoms with Gasteiger partial charge in [-0.15, -0.1) is 5.10 Å². The van der Waals surface area contributed by atoms with Gasteiger partial charge in [0.05, 0.1) is 19.3 Å². The highest BCUT2D eigenvalue weighted by Gasteiger charge is 2.25. The number of aliphatic imine (C=N–C) groups is 1. The van der Waals surface area contributed by atoms with Crippen LogP contribution in [0.1, 0.15) is 26.7 Å². The molecule has 0 amide bonds. The van der Waals surface area contributed by atoms with E-state index < -0.39 is 0 Å². The second kappa shape index (κ2) is 6.78. The maximum atomic E-state index is 4.58. The molecule has 1 aliphatic rings. The van der Waals surface area contributed by atoms with Gasteiger partial charge in [0.2, 0.25) is 0 Å². The Morgan fingerprint density at radius 1 is 1.50 bits per heavy atom. The lowest BCUT2D eigenvalue weighted by atomic mass is 9.99. The van der Waals surface area contributed by atoms with E-state index in [1.807, 2.05) is 22.6 Å². The van der Waals surface area contributed by atoms with Crippen molar-refractivity contribution >= 4 is 16.9 Å². The Kier molecular flexibility index (Phi) is 5.04. The van der Waals surface area contributed by atoms with Crippen molar-refractivity contribution in [3.8, 4) is 0 Å². The number of hydrogen-bond acceptors (Lipinski definition) is 5. The van der Waals surface area contributed by atoms with E-state index in [2.05, 4.69) is 34.5 Å². The first-order valence-corrected chi connectivity index (χ1v) is 7.50. The van der Waals surface area contributed by atoms with Gasteiger partial charge in [0.1, 0.15) is 0 Å². The lowest BCUT2D eigenvalue weighted by Gasteiger charge is -2.18. The zero-order valence-corrected chi connectivity index (χ0v) is 11.9. The number of nitrogens with zero attached hydrogens (tertiary/aromatic N) is 4. The molecule has 2 heterocycles. The van der Waals surface area contributed by atoms with Crippen LogP contribution in [0.5, 0.6) is 0 Å². The van der Waals surface area contributed by atoms with Gasteiger partial charge in [-0.2, -0.15) is 0 Å². The quantitative estimate of drug-likeness (QED) is 0.853. The predicted molar refractivity (Wildman–Crippen MR) is 75.8 cm³/mol. The predicted octanol–water partition coefficient (Wildman–Crippen LogP) is 1.78. The van der Waals surface area contributed by atoms with Gasteiger partial charge in [0.25, 0.3) is 0 Å². The van der Waals surface area contributed by atoms with Crippen LogP contribution >= 0.6 is 11.8 Å². The molecule has 1 atom stereocenters. The van der Waals surface area contributed by atoms with Crippen molar-refractivity contribution in [2.75, 3.05) is 13.1 Å². The van der Waals surface area contributed by atoms with Crippen LogP contribution in [-0.2, 0) is 6.54 Å². The molecule has 18 heavy (non-hydrogen) atoms. The summed E-state index contributed by atoms with van der Waals surface area (Å²) in [6, 6.07) is 0. The highest BCUT2D eigenvalue weighted by atomic mass is 32.2. The summed E-state index contributed by atoms with van der Waals surface area (Å²) in [5.74, 6) is 0.786. The zero-order valence-electron chi connectivity index (χ0n) is 11.0. The number of thioether (sulfide) groups is 1. The van der Waals surface area contributed by atoms with Crippen molar-refractivity contribution in [1.82, 2.24) is 20.3 Å². The van der Waals surface area contributed by atoms with Crippen LogP contribution in [0.25, 0.3) is 0 Å². The average molecular weight is 267 g/mol. The topological polar surface area (TPSA) is 55.1 Å². The van der Waals surface area contributed by atoms with Crippen molar-refractivity contribution in [2.24, 2.45) is 10.9 Å². The highest BCUT2D eigenvalue weighted by molar-refractivity contribution is 8.14. The highest BCUT2D eigenvalue weighted by Crippen LogP contribution is 2.30.